The maximum atomic E-state index is 12.8. The molecule has 2 aromatic carbocycles. The number of ether oxygens (including phenoxy) is 1. The molecule has 0 spiro atoms. The van der Waals surface area contributed by atoms with Crippen LogP contribution in [0.3, 0.4) is 0 Å². The van der Waals surface area contributed by atoms with Gasteiger partial charge in [0.25, 0.3) is 0 Å². The lowest BCUT2D eigenvalue weighted by Gasteiger charge is -2.59. The van der Waals surface area contributed by atoms with Crippen LogP contribution in [-0.2, 0) is 11.2 Å². The van der Waals surface area contributed by atoms with E-state index in [2.05, 4.69) is 19.1 Å². The molecule has 43 heavy (non-hydrogen) atoms. The molecule has 2 aromatic rings. The van der Waals surface area contributed by atoms with Gasteiger partial charge in [0, 0.05) is 11.8 Å². The van der Waals surface area contributed by atoms with E-state index in [1.165, 1.54) is 62.5 Å². The average Bonchev–Trinajstić information content (AvgIpc) is 3.38. The normalized spacial score (nSPS) is 32.1. The third-order valence-corrected chi connectivity index (χ3v) is 12.6. The van der Waals surface area contributed by atoms with Gasteiger partial charge in [-0.25, -0.2) is 4.79 Å². The summed E-state index contributed by atoms with van der Waals surface area (Å²) in [5.74, 6) is 1.37. The molecule has 2 bridgehead atoms. The van der Waals surface area contributed by atoms with Gasteiger partial charge < -0.3 is 14.9 Å². The zero-order chi connectivity index (χ0) is 30.1. The number of carbonyl (C=O) groups excluding carboxylic acids is 1. The van der Waals surface area contributed by atoms with Gasteiger partial charge in [0.1, 0.15) is 5.75 Å². The van der Waals surface area contributed by atoms with Crippen molar-refractivity contribution in [3.8, 4) is 5.75 Å². The summed E-state index contributed by atoms with van der Waals surface area (Å²) in [5.41, 5.74) is 3.17. The zero-order valence-electron chi connectivity index (χ0n) is 26.0. The monoisotopic (exact) mass is 586 g/mol. The maximum Gasteiger partial charge on any atom is 0.343 e. The Morgan fingerprint density at radius 2 is 1.53 bits per heavy atom. The van der Waals surface area contributed by atoms with E-state index >= 15 is 0 Å². The number of carboxylic acid groups (broad SMARTS) is 1. The molecule has 0 amide bonds. The fourth-order valence-electron chi connectivity index (χ4n) is 10.4. The van der Waals surface area contributed by atoms with E-state index in [-0.39, 0.29) is 16.8 Å². The van der Waals surface area contributed by atoms with Gasteiger partial charge in [-0.3, -0.25) is 4.79 Å². The van der Waals surface area contributed by atoms with Gasteiger partial charge in [0.05, 0.1) is 11.2 Å². The van der Waals surface area contributed by atoms with Crippen molar-refractivity contribution in [3.63, 3.8) is 0 Å². The zero-order valence-corrected chi connectivity index (χ0v) is 26.0. The average molecular weight is 587 g/mol. The number of rotatable bonds is 13. The first kappa shape index (κ1) is 30.4. The molecule has 0 saturated heterocycles. The summed E-state index contributed by atoms with van der Waals surface area (Å²) in [6.07, 6.45) is 18.2. The summed E-state index contributed by atoms with van der Waals surface area (Å²) in [6.45, 7) is 2.43. The van der Waals surface area contributed by atoms with Crippen molar-refractivity contribution >= 4 is 11.9 Å². The van der Waals surface area contributed by atoms with Crippen LogP contribution < -0.4 is 4.74 Å². The van der Waals surface area contributed by atoms with E-state index in [1.807, 2.05) is 24.3 Å². The number of benzene rings is 2. The largest absolute Gasteiger partial charge is 0.481 e. The van der Waals surface area contributed by atoms with Gasteiger partial charge in [-0.1, -0.05) is 76.1 Å². The molecule has 0 heterocycles. The second-order valence-electron chi connectivity index (χ2n) is 14.5. The number of hydrogen-bond acceptors (Lipinski definition) is 4. The smallest absolute Gasteiger partial charge is 0.343 e. The number of unbranched alkanes of at least 4 members (excludes halogenated alkanes) is 7. The number of esters is 1. The highest BCUT2D eigenvalue weighted by atomic mass is 16.5. The second-order valence-corrected chi connectivity index (χ2v) is 14.5. The Hall–Kier alpha value is -2.66. The predicted molar refractivity (Wildman–Crippen MR) is 168 cm³/mol. The van der Waals surface area contributed by atoms with E-state index in [0.29, 0.717) is 35.5 Å². The summed E-state index contributed by atoms with van der Waals surface area (Å²) in [5, 5.41) is 20.6. The summed E-state index contributed by atoms with van der Waals surface area (Å²) < 4.78 is 5.86. The number of hydrogen-bond donors (Lipinski definition) is 2. The highest BCUT2D eigenvalue weighted by molar-refractivity contribution is 5.91. The lowest BCUT2D eigenvalue weighted by molar-refractivity contribution is -0.137. The third kappa shape index (κ3) is 5.56. The van der Waals surface area contributed by atoms with Crippen molar-refractivity contribution in [2.45, 2.75) is 128 Å². The Bertz CT molecular complexity index is 1290. The maximum absolute atomic E-state index is 12.8. The Kier molecular flexibility index (Phi) is 8.75. The van der Waals surface area contributed by atoms with Crippen molar-refractivity contribution in [1.29, 1.82) is 0 Å². The third-order valence-electron chi connectivity index (χ3n) is 12.6. The summed E-state index contributed by atoms with van der Waals surface area (Å²) in [6, 6.07) is 15.6. The Balaban J connectivity index is 1.15. The van der Waals surface area contributed by atoms with Gasteiger partial charge in [-0.15, -0.1) is 0 Å². The van der Waals surface area contributed by atoms with Gasteiger partial charge >= 0.3 is 11.9 Å². The van der Waals surface area contributed by atoms with Gasteiger partial charge in [-0.05, 0) is 116 Å². The highest BCUT2D eigenvalue weighted by Gasteiger charge is 2.74. The predicted octanol–water partition coefficient (Wildman–Crippen LogP) is 8.87. The van der Waals surface area contributed by atoms with Crippen molar-refractivity contribution < 1.29 is 24.5 Å². The van der Waals surface area contributed by atoms with Crippen LogP contribution in [0.25, 0.3) is 0 Å². The van der Waals surface area contributed by atoms with E-state index in [4.69, 9.17) is 9.84 Å². The van der Waals surface area contributed by atoms with Crippen molar-refractivity contribution in [2.24, 2.45) is 22.7 Å². The van der Waals surface area contributed by atoms with E-state index in [0.717, 1.165) is 51.4 Å². The van der Waals surface area contributed by atoms with Crippen LogP contribution in [0.2, 0.25) is 0 Å². The van der Waals surface area contributed by atoms with E-state index in [1.54, 1.807) is 12.1 Å². The van der Waals surface area contributed by atoms with Crippen LogP contribution >= 0.6 is 0 Å². The van der Waals surface area contributed by atoms with E-state index in [9.17, 15) is 14.7 Å². The summed E-state index contributed by atoms with van der Waals surface area (Å²) in [7, 11) is 0. The molecule has 0 radical (unpaired) electrons. The molecule has 4 aliphatic carbocycles. The molecule has 5 nitrogen and oxygen atoms in total. The molecule has 232 valence electrons. The van der Waals surface area contributed by atoms with Crippen LogP contribution in [0.1, 0.15) is 137 Å². The topological polar surface area (TPSA) is 83.8 Å². The molecule has 4 aliphatic rings. The highest BCUT2D eigenvalue weighted by Crippen LogP contribution is 2.78. The van der Waals surface area contributed by atoms with Crippen molar-refractivity contribution in [3.05, 3.63) is 65.2 Å². The van der Waals surface area contributed by atoms with E-state index < -0.39 is 11.6 Å². The van der Waals surface area contributed by atoms with Gasteiger partial charge in [-0.2, -0.15) is 0 Å². The molecular weight excluding hydrogens is 536 g/mol. The molecule has 0 aliphatic heterocycles. The standard InChI is InChI=1S/C38H50O5/c1-36-20-19-32-31-18-17-30(43-35(41)27-13-10-8-11-14-27)26-29(31)25-28(34(32)37(36)21-23-38(36,42)24-22-37)15-9-6-4-2-3-5-7-12-16-33(39)40/h8,10-11,13-14,17-18,26,28,32,34,42H,2-7,9,12,15-16,19-25H2,1H3,(H,39,40)/t28-,32?,34?,36+,37-,38+/m1/s1. The summed E-state index contributed by atoms with van der Waals surface area (Å²) in [4.78, 5) is 23.5. The minimum absolute atomic E-state index is 0.0305. The Morgan fingerprint density at radius 3 is 2.23 bits per heavy atom. The van der Waals surface area contributed by atoms with Gasteiger partial charge in [0.2, 0.25) is 0 Å². The van der Waals surface area contributed by atoms with Gasteiger partial charge in [0.15, 0.2) is 0 Å². The molecular formula is C38H50O5. The fourth-order valence-corrected chi connectivity index (χ4v) is 10.4. The van der Waals surface area contributed by atoms with Crippen LogP contribution in [-0.4, -0.2) is 27.8 Å². The first-order valence-electron chi connectivity index (χ1n) is 17.1. The molecule has 2 unspecified atom stereocenters. The molecule has 3 fully saturated rings. The minimum Gasteiger partial charge on any atom is -0.481 e. The number of carbonyl (C=O) groups is 2. The number of aliphatic hydroxyl groups is 1. The lowest BCUT2D eigenvalue weighted by atomic mass is 9.45. The van der Waals surface area contributed by atoms with Crippen LogP contribution in [0.5, 0.6) is 5.75 Å². The van der Waals surface area contributed by atoms with Crippen molar-refractivity contribution in [2.75, 3.05) is 0 Å². The number of aliphatic carboxylic acids is 1. The molecule has 2 N–H and O–H groups in total. The quantitative estimate of drug-likeness (QED) is 0.139. The van der Waals surface area contributed by atoms with Crippen LogP contribution in [0.4, 0.5) is 0 Å². The molecule has 4 atom stereocenters. The van der Waals surface area contributed by atoms with Crippen LogP contribution in [0.15, 0.2) is 48.5 Å². The first-order valence-corrected chi connectivity index (χ1v) is 17.1. The second kappa shape index (κ2) is 12.4. The lowest BCUT2D eigenvalue weighted by Crippen LogP contribution is -2.54. The van der Waals surface area contributed by atoms with Crippen molar-refractivity contribution in [1.82, 2.24) is 0 Å². The molecule has 6 rings (SSSR count). The Morgan fingerprint density at radius 1 is 0.860 bits per heavy atom. The Labute approximate surface area is 257 Å². The molecule has 0 aromatic heterocycles. The summed E-state index contributed by atoms with van der Waals surface area (Å²) >= 11 is 0. The van der Waals surface area contributed by atoms with Crippen LogP contribution in [0, 0.1) is 22.7 Å². The number of carboxylic acids is 1. The molecule has 5 heteroatoms. The molecule has 3 saturated carbocycles. The SMILES string of the molecule is C[C@]12CCC3c4ccc(OC(=O)c5ccccc5)cc4C[C@@H](CCCCCCCCCCC(=O)O)C3[C@]13CC[C@]2(O)CC3. The number of fused-ring (bicyclic) bond motifs is 3. The first-order chi connectivity index (χ1) is 20.8. The minimum atomic E-state index is -0.685. The fraction of sp³-hybridized carbons (Fsp3) is 0.632.